The van der Waals surface area contributed by atoms with E-state index in [1.165, 1.54) is 30.3 Å². The Kier molecular flexibility index (Phi) is 4.54. The first kappa shape index (κ1) is 15.4. The zero-order chi connectivity index (χ0) is 15.6. The van der Waals surface area contributed by atoms with Crippen molar-refractivity contribution < 1.29 is 14.1 Å². The lowest BCUT2D eigenvalue weighted by Crippen LogP contribution is -2.14. The Morgan fingerprint density at radius 2 is 2.05 bits per heavy atom. The van der Waals surface area contributed by atoms with Gasteiger partial charge in [0.15, 0.2) is 0 Å². The van der Waals surface area contributed by atoms with E-state index in [0.717, 1.165) is 6.07 Å². The highest BCUT2D eigenvalue weighted by molar-refractivity contribution is 9.10. The number of hydrogen-bond donors (Lipinski definition) is 1. The number of carbonyl (C=O) groups excluding carboxylic acids is 1. The molecule has 0 aliphatic carbocycles. The summed E-state index contributed by atoms with van der Waals surface area (Å²) in [4.78, 5) is 22.4. The molecule has 2 rings (SSSR count). The molecule has 21 heavy (non-hydrogen) atoms. The third-order valence-electron chi connectivity index (χ3n) is 2.59. The maximum atomic E-state index is 13.0. The van der Waals surface area contributed by atoms with E-state index in [2.05, 4.69) is 21.2 Å². The first-order chi connectivity index (χ1) is 9.90. The van der Waals surface area contributed by atoms with E-state index < -0.39 is 22.3 Å². The molecule has 0 heterocycles. The van der Waals surface area contributed by atoms with Crippen LogP contribution in [-0.2, 0) is 0 Å². The lowest BCUT2D eigenvalue weighted by atomic mass is 10.1. The van der Waals surface area contributed by atoms with Gasteiger partial charge in [0.05, 0.1) is 10.6 Å². The van der Waals surface area contributed by atoms with Gasteiger partial charge in [-0.2, -0.15) is 0 Å². The number of hydrogen-bond acceptors (Lipinski definition) is 3. The van der Waals surface area contributed by atoms with Gasteiger partial charge >= 0.3 is 5.69 Å². The van der Waals surface area contributed by atoms with Gasteiger partial charge in [-0.3, -0.25) is 14.9 Å². The standard InChI is InChI=1S/C13H7BrClFN2O3/c14-9-6-7(16)4-5-11(9)17-13(19)8-2-1-3-10(15)12(8)18(20)21/h1-6H,(H,17,19). The summed E-state index contributed by atoms with van der Waals surface area (Å²) in [5.74, 6) is -1.19. The second kappa shape index (κ2) is 6.19. The van der Waals surface area contributed by atoms with Crippen molar-refractivity contribution in [2.24, 2.45) is 0 Å². The number of benzene rings is 2. The van der Waals surface area contributed by atoms with Crippen LogP contribution in [0.1, 0.15) is 10.4 Å². The molecule has 0 atom stereocenters. The van der Waals surface area contributed by atoms with Gasteiger partial charge in [0.25, 0.3) is 5.91 Å². The number of anilines is 1. The van der Waals surface area contributed by atoms with Crippen LogP contribution in [0.5, 0.6) is 0 Å². The minimum atomic E-state index is -0.725. The molecule has 0 saturated carbocycles. The quantitative estimate of drug-likeness (QED) is 0.640. The fourth-order valence-corrected chi connectivity index (χ4v) is 2.36. The molecule has 0 radical (unpaired) electrons. The van der Waals surface area contributed by atoms with E-state index in [1.54, 1.807) is 0 Å². The molecule has 2 aromatic carbocycles. The molecule has 0 aliphatic heterocycles. The van der Waals surface area contributed by atoms with Crippen LogP contribution >= 0.6 is 27.5 Å². The summed E-state index contributed by atoms with van der Waals surface area (Å²) >= 11 is 8.84. The van der Waals surface area contributed by atoms with Gasteiger partial charge in [0.1, 0.15) is 16.4 Å². The Labute approximate surface area is 132 Å². The van der Waals surface area contributed by atoms with Crippen molar-refractivity contribution in [1.82, 2.24) is 0 Å². The highest BCUT2D eigenvalue weighted by Gasteiger charge is 2.24. The van der Waals surface area contributed by atoms with Crippen molar-refractivity contribution in [3.8, 4) is 0 Å². The summed E-state index contributed by atoms with van der Waals surface area (Å²) in [5.41, 5.74) is -0.366. The maximum absolute atomic E-state index is 13.0. The smallest absolute Gasteiger partial charge is 0.300 e. The summed E-state index contributed by atoms with van der Waals surface area (Å²) in [6, 6.07) is 7.72. The second-order valence-electron chi connectivity index (χ2n) is 3.97. The molecule has 0 bridgehead atoms. The second-order valence-corrected chi connectivity index (χ2v) is 5.23. The number of amides is 1. The van der Waals surface area contributed by atoms with Crippen molar-refractivity contribution >= 4 is 44.8 Å². The summed E-state index contributed by atoms with van der Waals surface area (Å²) in [6.07, 6.45) is 0. The lowest BCUT2D eigenvalue weighted by molar-refractivity contribution is -0.385. The van der Waals surface area contributed by atoms with E-state index in [4.69, 9.17) is 11.6 Å². The van der Waals surface area contributed by atoms with Crippen LogP contribution in [0.2, 0.25) is 5.02 Å². The monoisotopic (exact) mass is 372 g/mol. The molecule has 108 valence electrons. The van der Waals surface area contributed by atoms with Gasteiger partial charge in [-0.1, -0.05) is 17.7 Å². The minimum absolute atomic E-state index is 0.133. The van der Waals surface area contributed by atoms with Gasteiger partial charge in [-0.15, -0.1) is 0 Å². The predicted molar refractivity (Wildman–Crippen MR) is 80.2 cm³/mol. The van der Waals surface area contributed by atoms with Crippen molar-refractivity contribution in [1.29, 1.82) is 0 Å². The van der Waals surface area contributed by atoms with Gasteiger partial charge in [-0.05, 0) is 46.3 Å². The normalized spacial score (nSPS) is 10.2. The van der Waals surface area contributed by atoms with Crippen LogP contribution in [0.3, 0.4) is 0 Å². The number of nitro groups is 1. The van der Waals surface area contributed by atoms with E-state index in [0.29, 0.717) is 4.47 Å². The number of rotatable bonds is 3. The number of nitrogens with zero attached hydrogens (tertiary/aromatic N) is 1. The van der Waals surface area contributed by atoms with Gasteiger partial charge in [-0.25, -0.2) is 4.39 Å². The maximum Gasteiger partial charge on any atom is 0.300 e. The average molecular weight is 374 g/mol. The molecule has 0 unspecified atom stereocenters. The molecule has 0 aromatic heterocycles. The Balaban J connectivity index is 2.37. The molecular weight excluding hydrogens is 367 g/mol. The van der Waals surface area contributed by atoms with Crippen LogP contribution in [0.15, 0.2) is 40.9 Å². The van der Waals surface area contributed by atoms with Crippen LogP contribution in [-0.4, -0.2) is 10.8 Å². The SMILES string of the molecule is O=C(Nc1ccc(F)cc1Br)c1cccc(Cl)c1[N+](=O)[O-]. The molecule has 1 N–H and O–H groups in total. The van der Waals surface area contributed by atoms with Gasteiger partial charge in [0.2, 0.25) is 0 Å². The molecular formula is C13H7BrClFN2O3. The largest absolute Gasteiger partial charge is 0.321 e. The van der Waals surface area contributed by atoms with Crippen LogP contribution in [0.4, 0.5) is 15.8 Å². The average Bonchev–Trinajstić information content (AvgIpc) is 2.41. The Morgan fingerprint density at radius 3 is 2.67 bits per heavy atom. The lowest BCUT2D eigenvalue weighted by Gasteiger charge is -2.08. The molecule has 8 heteroatoms. The summed E-state index contributed by atoms with van der Waals surface area (Å²) in [6.45, 7) is 0. The number of para-hydroxylation sites is 1. The zero-order valence-corrected chi connectivity index (χ0v) is 12.6. The third kappa shape index (κ3) is 3.37. The Hall–Kier alpha value is -1.99. The van der Waals surface area contributed by atoms with Gasteiger partial charge < -0.3 is 5.32 Å². The summed E-state index contributed by atoms with van der Waals surface area (Å²) < 4.78 is 13.3. The number of halogens is 3. The predicted octanol–water partition coefficient (Wildman–Crippen LogP) is 4.40. The number of carbonyl (C=O) groups is 1. The fourth-order valence-electron chi connectivity index (χ4n) is 1.66. The van der Waals surface area contributed by atoms with Crippen LogP contribution < -0.4 is 5.32 Å². The highest BCUT2D eigenvalue weighted by Crippen LogP contribution is 2.30. The molecule has 0 fully saturated rings. The molecule has 0 saturated heterocycles. The minimum Gasteiger partial charge on any atom is -0.321 e. The van der Waals surface area contributed by atoms with Crippen molar-refractivity contribution in [2.45, 2.75) is 0 Å². The number of nitro benzene ring substituents is 1. The first-order valence-electron chi connectivity index (χ1n) is 5.59. The molecule has 5 nitrogen and oxygen atoms in total. The topological polar surface area (TPSA) is 72.2 Å². The molecule has 0 spiro atoms. The number of nitrogens with one attached hydrogen (secondary N) is 1. The van der Waals surface area contributed by atoms with Crippen LogP contribution in [0.25, 0.3) is 0 Å². The molecule has 1 amide bonds. The van der Waals surface area contributed by atoms with E-state index >= 15 is 0 Å². The van der Waals surface area contributed by atoms with Crippen molar-refractivity contribution in [3.05, 3.63) is 67.4 Å². The van der Waals surface area contributed by atoms with E-state index in [9.17, 15) is 19.3 Å². The third-order valence-corrected chi connectivity index (χ3v) is 3.55. The highest BCUT2D eigenvalue weighted by atomic mass is 79.9. The Bertz CT molecular complexity index is 739. The molecule has 0 aliphatic rings. The van der Waals surface area contributed by atoms with Gasteiger partial charge in [0, 0.05) is 4.47 Å². The molecule has 2 aromatic rings. The van der Waals surface area contributed by atoms with E-state index in [1.807, 2.05) is 0 Å². The van der Waals surface area contributed by atoms with Crippen LogP contribution in [0, 0.1) is 15.9 Å². The zero-order valence-electron chi connectivity index (χ0n) is 10.3. The van der Waals surface area contributed by atoms with Crippen molar-refractivity contribution in [3.63, 3.8) is 0 Å². The fraction of sp³-hybridized carbons (Fsp3) is 0. The summed E-state index contributed by atoms with van der Waals surface area (Å²) in [7, 11) is 0. The summed E-state index contributed by atoms with van der Waals surface area (Å²) in [5, 5.41) is 13.3. The first-order valence-corrected chi connectivity index (χ1v) is 6.76. The Morgan fingerprint density at radius 1 is 1.33 bits per heavy atom. The van der Waals surface area contributed by atoms with Crippen molar-refractivity contribution in [2.75, 3.05) is 5.32 Å². The van der Waals surface area contributed by atoms with E-state index in [-0.39, 0.29) is 16.3 Å².